The summed E-state index contributed by atoms with van der Waals surface area (Å²) in [4.78, 5) is 14.7. The molecule has 0 saturated carbocycles. The van der Waals surface area contributed by atoms with E-state index in [9.17, 15) is 4.79 Å². The maximum atomic E-state index is 12.5. The second kappa shape index (κ2) is 4.34. The fraction of sp³-hybridized carbons (Fsp3) is 0.917. The predicted octanol–water partition coefficient (Wildman–Crippen LogP) is -0.0512. The largest absolute Gasteiger partial charge is 0.334 e. The summed E-state index contributed by atoms with van der Waals surface area (Å²) < 4.78 is 0. The number of nitrogens with one attached hydrogen (secondary N) is 2. The average Bonchev–Trinajstić information content (AvgIpc) is 2.59. The number of hydrogen-bond acceptors (Lipinski definition) is 3. The van der Waals surface area contributed by atoms with Crippen molar-refractivity contribution in [2.24, 2.45) is 5.92 Å². The van der Waals surface area contributed by atoms with Crippen LogP contribution in [-0.4, -0.2) is 49.1 Å². The van der Waals surface area contributed by atoms with Crippen molar-refractivity contribution in [3.63, 3.8) is 0 Å². The fourth-order valence-corrected chi connectivity index (χ4v) is 3.42. The van der Waals surface area contributed by atoms with Gasteiger partial charge in [-0.15, -0.1) is 0 Å². The molecule has 16 heavy (non-hydrogen) atoms. The first-order valence-corrected chi connectivity index (χ1v) is 6.60. The van der Waals surface area contributed by atoms with Crippen LogP contribution < -0.4 is 10.6 Å². The van der Waals surface area contributed by atoms with Crippen molar-refractivity contribution in [2.75, 3.05) is 26.2 Å². The molecule has 0 aromatic carbocycles. The Morgan fingerprint density at radius 2 is 1.56 bits per heavy atom. The lowest BCUT2D eigenvalue weighted by Gasteiger charge is -2.38. The van der Waals surface area contributed by atoms with Crippen LogP contribution in [0, 0.1) is 5.92 Å². The van der Waals surface area contributed by atoms with E-state index in [-0.39, 0.29) is 0 Å². The number of amides is 1. The molecule has 0 aliphatic carbocycles. The van der Waals surface area contributed by atoms with Crippen molar-refractivity contribution in [1.29, 1.82) is 0 Å². The first-order chi connectivity index (χ1) is 7.86. The molecular weight excluding hydrogens is 202 g/mol. The predicted molar refractivity (Wildman–Crippen MR) is 62.1 cm³/mol. The molecule has 4 nitrogen and oxygen atoms in total. The number of fused-ring (bicyclic) bond motifs is 2. The molecule has 0 aromatic heterocycles. The minimum atomic E-state index is 0.294. The Kier molecular flexibility index (Phi) is 2.86. The Morgan fingerprint density at radius 1 is 0.938 bits per heavy atom. The van der Waals surface area contributed by atoms with E-state index in [0.717, 1.165) is 39.0 Å². The molecular formula is C12H21N3O. The molecule has 3 fully saturated rings. The molecule has 3 heterocycles. The van der Waals surface area contributed by atoms with Gasteiger partial charge in [0.25, 0.3) is 0 Å². The number of piperidine rings is 1. The van der Waals surface area contributed by atoms with Gasteiger partial charge < -0.3 is 15.5 Å². The summed E-state index contributed by atoms with van der Waals surface area (Å²) in [5.74, 6) is 0.734. The van der Waals surface area contributed by atoms with E-state index < -0.39 is 0 Å². The number of nitrogens with zero attached hydrogens (tertiary/aromatic N) is 1. The Balaban J connectivity index is 1.69. The maximum Gasteiger partial charge on any atom is 0.226 e. The van der Waals surface area contributed by atoms with Gasteiger partial charge in [-0.1, -0.05) is 0 Å². The highest BCUT2D eigenvalue weighted by molar-refractivity contribution is 5.80. The first-order valence-electron chi connectivity index (χ1n) is 6.60. The van der Waals surface area contributed by atoms with Crippen molar-refractivity contribution in [1.82, 2.24) is 15.5 Å². The molecule has 0 radical (unpaired) electrons. The maximum absolute atomic E-state index is 12.5. The summed E-state index contributed by atoms with van der Waals surface area (Å²) in [5.41, 5.74) is 0. The lowest BCUT2D eigenvalue weighted by molar-refractivity contribution is -0.140. The molecule has 3 saturated heterocycles. The third kappa shape index (κ3) is 1.74. The van der Waals surface area contributed by atoms with Crippen LogP contribution in [0.4, 0.5) is 0 Å². The van der Waals surface area contributed by atoms with E-state index in [1.165, 1.54) is 12.8 Å². The van der Waals surface area contributed by atoms with Crippen LogP contribution >= 0.6 is 0 Å². The van der Waals surface area contributed by atoms with Gasteiger partial charge in [0, 0.05) is 31.1 Å². The summed E-state index contributed by atoms with van der Waals surface area (Å²) in [6, 6.07) is 0.974. The topological polar surface area (TPSA) is 44.4 Å². The summed E-state index contributed by atoms with van der Waals surface area (Å²) in [6.07, 6.45) is 4.47. The SMILES string of the molecule is O=C(C1CCNCC1)N1C2CCC1CNC2. The molecule has 4 heteroatoms. The second-order valence-corrected chi connectivity index (χ2v) is 5.31. The number of hydrogen-bond donors (Lipinski definition) is 2. The van der Waals surface area contributed by atoms with Crippen molar-refractivity contribution in [2.45, 2.75) is 37.8 Å². The molecule has 1 amide bonds. The Labute approximate surface area is 96.8 Å². The van der Waals surface area contributed by atoms with Crippen molar-refractivity contribution in [3.8, 4) is 0 Å². The van der Waals surface area contributed by atoms with Gasteiger partial charge in [-0.2, -0.15) is 0 Å². The van der Waals surface area contributed by atoms with E-state index in [2.05, 4.69) is 15.5 Å². The van der Waals surface area contributed by atoms with Crippen LogP contribution in [0.15, 0.2) is 0 Å². The van der Waals surface area contributed by atoms with Crippen molar-refractivity contribution >= 4 is 5.91 Å². The van der Waals surface area contributed by atoms with E-state index in [4.69, 9.17) is 0 Å². The molecule has 90 valence electrons. The Morgan fingerprint density at radius 3 is 2.19 bits per heavy atom. The average molecular weight is 223 g/mol. The van der Waals surface area contributed by atoms with Gasteiger partial charge in [0.2, 0.25) is 5.91 Å². The second-order valence-electron chi connectivity index (χ2n) is 5.31. The van der Waals surface area contributed by atoms with Crippen LogP contribution in [0.2, 0.25) is 0 Å². The lowest BCUT2D eigenvalue weighted by atomic mass is 9.95. The Bertz CT molecular complexity index is 259. The zero-order chi connectivity index (χ0) is 11.0. The van der Waals surface area contributed by atoms with Crippen LogP contribution in [0.1, 0.15) is 25.7 Å². The van der Waals surface area contributed by atoms with Crippen LogP contribution in [-0.2, 0) is 4.79 Å². The first kappa shape index (κ1) is 10.5. The quantitative estimate of drug-likeness (QED) is 0.655. The van der Waals surface area contributed by atoms with E-state index in [1.54, 1.807) is 0 Å². The smallest absolute Gasteiger partial charge is 0.226 e. The van der Waals surface area contributed by atoms with Gasteiger partial charge in [0.1, 0.15) is 0 Å². The molecule has 3 aliphatic heterocycles. The minimum Gasteiger partial charge on any atom is -0.334 e. The third-order valence-electron chi connectivity index (χ3n) is 4.32. The highest BCUT2D eigenvalue weighted by atomic mass is 16.2. The molecule has 2 unspecified atom stereocenters. The van der Waals surface area contributed by atoms with E-state index in [0.29, 0.717) is 23.9 Å². The molecule has 0 aromatic rings. The molecule has 3 rings (SSSR count). The highest BCUT2D eigenvalue weighted by Gasteiger charge is 2.41. The zero-order valence-electron chi connectivity index (χ0n) is 9.74. The van der Waals surface area contributed by atoms with E-state index in [1.807, 2.05) is 0 Å². The number of rotatable bonds is 1. The summed E-state index contributed by atoms with van der Waals surface area (Å²) in [7, 11) is 0. The van der Waals surface area contributed by atoms with Gasteiger partial charge in [0.15, 0.2) is 0 Å². The fourth-order valence-electron chi connectivity index (χ4n) is 3.42. The normalized spacial score (nSPS) is 35.4. The third-order valence-corrected chi connectivity index (χ3v) is 4.32. The zero-order valence-corrected chi connectivity index (χ0v) is 9.74. The molecule has 2 N–H and O–H groups in total. The van der Waals surface area contributed by atoms with Gasteiger partial charge in [-0.05, 0) is 38.8 Å². The monoisotopic (exact) mass is 223 g/mol. The number of carbonyl (C=O) groups is 1. The molecule has 3 aliphatic rings. The van der Waals surface area contributed by atoms with E-state index >= 15 is 0 Å². The van der Waals surface area contributed by atoms with Crippen molar-refractivity contribution in [3.05, 3.63) is 0 Å². The van der Waals surface area contributed by atoms with Crippen molar-refractivity contribution < 1.29 is 4.79 Å². The van der Waals surface area contributed by atoms with Crippen LogP contribution in [0.5, 0.6) is 0 Å². The number of carbonyl (C=O) groups excluding carboxylic acids is 1. The standard InChI is InChI=1S/C12H21N3O/c16-12(9-3-5-13-6-4-9)15-10-1-2-11(15)8-14-7-10/h9-11,13-14H,1-8H2. The molecule has 0 spiro atoms. The van der Waals surface area contributed by atoms with Gasteiger partial charge in [-0.25, -0.2) is 0 Å². The summed E-state index contributed by atoms with van der Waals surface area (Å²) in [6.45, 7) is 4.04. The number of piperazine rings is 1. The van der Waals surface area contributed by atoms with Gasteiger partial charge >= 0.3 is 0 Å². The van der Waals surface area contributed by atoms with Crippen LogP contribution in [0.3, 0.4) is 0 Å². The van der Waals surface area contributed by atoms with Gasteiger partial charge in [-0.3, -0.25) is 4.79 Å². The highest BCUT2D eigenvalue weighted by Crippen LogP contribution is 2.29. The molecule has 2 atom stereocenters. The lowest BCUT2D eigenvalue weighted by Crippen LogP contribution is -2.56. The summed E-state index contributed by atoms with van der Waals surface area (Å²) >= 11 is 0. The molecule has 2 bridgehead atoms. The van der Waals surface area contributed by atoms with Gasteiger partial charge in [0.05, 0.1) is 0 Å². The summed E-state index contributed by atoms with van der Waals surface area (Å²) in [5, 5.41) is 6.76. The Hall–Kier alpha value is -0.610. The minimum absolute atomic E-state index is 0.294. The van der Waals surface area contributed by atoms with Crippen LogP contribution in [0.25, 0.3) is 0 Å².